The topological polar surface area (TPSA) is 77.2 Å². The molecule has 1 heterocycles. The Balaban J connectivity index is 1.92. The largest absolute Gasteiger partial charge is 0.444 e. The molecule has 21 heavy (non-hydrogen) atoms. The number of hydrogen-bond donors (Lipinski definition) is 1. The number of nitrogens with zero attached hydrogens (tertiary/aromatic N) is 2. The Bertz CT molecular complexity index is 612. The minimum Gasteiger partial charge on any atom is -0.444 e. The lowest BCUT2D eigenvalue weighted by atomic mass is 10.1. The fraction of sp³-hybridized carbons (Fsp3) is 0.400. The molecule has 0 radical (unpaired) electrons. The maximum Gasteiger partial charge on any atom is 0.407 e. The summed E-state index contributed by atoms with van der Waals surface area (Å²) in [7, 11) is 0. The zero-order chi connectivity index (χ0) is 15.5. The molecular weight excluding hydrogens is 270 g/mol. The molecule has 1 aromatic carbocycles. The Hall–Kier alpha value is -2.37. The molecule has 0 bridgehead atoms. The van der Waals surface area contributed by atoms with E-state index in [1.807, 2.05) is 45.0 Å². The quantitative estimate of drug-likeness (QED) is 0.939. The van der Waals surface area contributed by atoms with E-state index in [0.717, 1.165) is 11.1 Å². The van der Waals surface area contributed by atoms with Crippen LogP contribution in [0.3, 0.4) is 0 Å². The average molecular weight is 289 g/mol. The lowest BCUT2D eigenvalue weighted by Gasteiger charge is -2.19. The van der Waals surface area contributed by atoms with Gasteiger partial charge in [0.15, 0.2) is 5.82 Å². The fourth-order valence-electron chi connectivity index (χ4n) is 1.67. The number of amides is 1. The molecule has 0 fully saturated rings. The summed E-state index contributed by atoms with van der Waals surface area (Å²) in [4.78, 5) is 15.7. The van der Waals surface area contributed by atoms with Crippen LogP contribution in [0.5, 0.6) is 0 Å². The summed E-state index contributed by atoms with van der Waals surface area (Å²) in [6.07, 6.45) is -0.431. The first-order valence-corrected chi connectivity index (χ1v) is 6.70. The number of nitrogens with one attached hydrogen (secondary N) is 1. The first-order chi connectivity index (χ1) is 9.83. The normalized spacial score (nSPS) is 11.2. The van der Waals surface area contributed by atoms with Crippen LogP contribution in [0.4, 0.5) is 4.79 Å². The number of aryl methyl sites for hydroxylation is 1. The van der Waals surface area contributed by atoms with Crippen LogP contribution in [0, 0.1) is 6.92 Å². The zero-order valence-corrected chi connectivity index (χ0v) is 12.6. The van der Waals surface area contributed by atoms with E-state index in [1.165, 1.54) is 0 Å². The number of aromatic nitrogens is 2. The number of carbonyl (C=O) groups is 1. The number of hydrogen-bond acceptors (Lipinski definition) is 5. The molecule has 0 saturated heterocycles. The molecular formula is C15H19N3O3. The zero-order valence-electron chi connectivity index (χ0n) is 12.6. The van der Waals surface area contributed by atoms with Crippen molar-refractivity contribution in [3.8, 4) is 11.5 Å². The van der Waals surface area contributed by atoms with Crippen molar-refractivity contribution in [2.75, 3.05) is 0 Å². The van der Waals surface area contributed by atoms with Crippen LogP contribution in [0.1, 0.15) is 32.2 Å². The summed E-state index contributed by atoms with van der Waals surface area (Å²) in [5, 5.41) is 6.46. The molecule has 0 aliphatic heterocycles. The van der Waals surface area contributed by atoms with E-state index in [1.54, 1.807) is 6.92 Å². The Morgan fingerprint density at radius 2 is 1.95 bits per heavy atom. The molecule has 0 spiro atoms. The Kier molecular flexibility index (Phi) is 4.26. The van der Waals surface area contributed by atoms with Gasteiger partial charge in [-0.2, -0.15) is 4.98 Å². The van der Waals surface area contributed by atoms with Crippen molar-refractivity contribution in [1.82, 2.24) is 15.5 Å². The third-order valence-corrected chi connectivity index (χ3v) is 2.56. The molecule has 6 nitrogen and oxygen atoms in total. The summed E-state index contributed by atoms with van der Waals surface area (Å²) in [6.45, 7) is 7.65. The lowest BCUT2D eigenvalue weighted by molar-refractivity contribution is 0.0523. The summed E-state index contributed by atoms with van der Waals surface area (Å²) in [5.74, 6) is 1.08. The molecule has 6 heteroatoms. The molecule has 0 aliphatic carbocycles. The van der Waals surface area contributed by atoms with E-state index in [9.17, 15) is 4.79 Å². The summed E-state index contributed by atoms with van der Waals surface area (Å²) >= 11 is 0. The van der Waals surface area contributed by atoms with Crippen LogP contribution >= 0.6 is 0 Å². The van der Waals surface area contributed by atoms with Gasteiger partial charge < -0.3 is 14.6 Å². The average Bonchev–Trinajstić information content (AvgIpc) is 2.82. The van der Waals surface area contributed by atoms with Gasteiger partial charge in [0.05, 0.1) is 0 Å². The highest BCUT2D eigenvalue weighted by Gasteiger charge is 2.15. The highest BCUT2D eigenvalue weighted by molar-refractivity contribution is 5.67. The molecule has 112 valence electrons. The summed E-state index contributed by atoms with van der Waals surface area (Å²) in [6, 6.07) is 7.54. The van der Waals surface area contributed by atoms with Crippen LogP contribution in [0.25, 0.3) is 11.5 Å². The van der Waals surface area contributed by atoms with Gasteiger partial charge in [-0.3, -0.25) is 0 Å². The van der Waals surface area contributed by atoms with Crippen molar-refractivity contribution in [1.29, 1.82) is 0 Å². The van der Waals surface area contributed by atoms with E-state index in [-0.39, 0.29) is 0 Å². The number of ether oxygens (including phenoxy) is 1. The maximum absolute atomic E-state index is 11.6. The highest BCUT2D eigenvalue weighted by Crippen LogP contribution is 2.17. The van der Waals surface area contributed by atoms with Crippen molar-refractivity contribution >= 4 is 6.09 Å². The van der Waals surface area contributed by atoms with Crippen molar-refractivity contribution in [2.24, 2.45) is 0 Å². The molecule has 1 N–H and O–H groups in total. The molecule has 2 aromatic rings. The number of alkyl carbamates (subject to hydrolysis) is 1. The SMILES string of the molecule is Cc1noc(-c2ccc(CNC(=O)OC(C)(C)C)cc2)n1. The van der Waals surface area contributed by atoms with E-state index in [4.69, 9.17) is 9.26 Å². The first-order valence-electron chi connectivity index (χ1n) is 6.70. The summed E-state index contributed by atoms with van der Waals surface area (Å²) < 4.78 is 10.3. The second kappa shape index (κ2) is 5.95. The van der Waals surface area contributed by atoms with Gasteiger partial charge in [-0.15, -0.1) is 0 Å². The van der Waals surface area contributed by atoms with E-state index >= 15 is 0 Å². The number of carbonyl (C=O) groups excluding carboxylic acids is 1. The monoisotopic (exact) mass is 289 g/mol. The highest BCUT2D eigenvalue weighted by atomic mass is 16.6. The van der Waals surface area contributed by atoms with Crippen LogP contribution in [0.15, 0.2) is 28.8 Å². The lowest BCUT2D eigenvalue weighted by Crippen LogP contribution is -2.32. The minimum absolute atomic E-state index is 0.401. The summed E-state index contributed by atoms with van der Waals surface area (Å²) in [5.41, 5.74) is 1.31. The third kappa shape index (κ3) is 4.59. The Morgan fingerprint density at radius 1 is 1.29 bits per heavy atom. The fourth-order valence-corrected chi connectivity index (χ4v) is 1.67. The van der Waals surface area contributed by atoms with Crippen LogP contribution < -0.4 is 5.32 Å². The Morgan fingerprint density at radius 3 is 2.48 bits per heavy atom. The van der Waals surface area contributed by atoms with Gasteiger partial charge in [0.1, 0.15) is 5.60 Å². The van der Waals surface area contributed by atoms with Gasteiger partial charge in [-0.05, 0) is 45.4 Å². The van der Waals surface area contributed by atoms with E-state index in [2.05, 4.69) is 15.5 Å². The molecule has 0 saturated carbocycles. The molecule has 0 aliphatic rings. The molecule has 1 amide bonds. The first kappa shape index (κ1) is 15.0. The molecule has 0 atom stereocenters. The van der Waals surface area contributed by atoms with Crippen LogP contribution in [-0.4, -0.2) is 21.8 Å². The van der Waals surface area contributed by atoms with Gasteiger partial charge in [0.25, 0.3) is 5.89 Å². The van der Waals surface area contributed by atoms with Gasteiger partial charge in [0, 0.05) is 12.1 Å². The molecule has 0 unspecified atom stereocenters. The van der Waals surface area contributed by atoms with E-state index in [0.29, 0.717) is 18.3 Å². The maximum atomic E-state index is 11.6. The van der Waals surface area contributed by atoms with E-state index < -0.39 is 11.7 Å². The Labute approximate surface area is 123 Å². The smallest absolute Gasteiger partial charge is 0.407 e. The van der Waals surface area contributed by atoms with Crippen molar-refractivity contribution in [3.05, 3.63) is 35.7 Å². The molecule has 2 rings (SSSR count). The predicted octanol–water partition coefficient (Wildman–Crippen LogP) is 3.07. The van der Waals surface area contributed by atoms with Gasteiger partial charge in [0.2, 0.25) is 0 Å². The molecule has 1 aromatic heterocycles. The van der Waals surface area contributed by atoms with Crippen LogP contribution in [0.2, 0.25) is 0 Å². The number of rotatable bonds is 3. The minimum atomic E-state index is -0.496. The van der Waals surface area contributed by atoms with Gasteiger partial charge in [-0.1, -0.05) is 17.3 Å². The third-order valence-electron chi connectivity index (χ3n) is 2.56. The predicted molar refractivity (Wildman–Crippen MR) is 77.5 cm³/mol. The second-order valence-corrected chi connectivity index (χ2v) is 5.70. The van der Waals surface area contributed by atoms with Crippen molar-refractivity contribution in [2.45, 2.75) is 39.8 Å². The van der Waals surface area contributed by atoms with Crippen molar-refractivity contribution < 1.29 is 14.1 Å². The second-order valence-electron chi connectivity index (χ2n) is 5.70. The van der Waals surface area contributed by atoms with Crippen molar-refractivity contribution in [3.63, 3.8) is 0 Å². The van der Waals surface area contributed by atoms with Gasteiger partial charge >= 0.3 is 6.09 Å². The van der Waals surface area contributed by atoms with Crippen LogP contribution in [-0.2, 0) is 11.3 Å². The van der Waals surface area contributed by atoms with Gasteiger partial charge in [-0.25, -0.2) is 4.79 Å². The standard InChI is InChI=1S/C15H19N3O3/c1-10-17-13(21-18-10)12-7-5-11(6-8-12)9-16-14(19)20-15(2,3)4/h5-8H,9H2,1-4H3,(H,16,19). The number of benzene rings is 1.